The molecule has 0 aliphatic carbocycles. The molecule has 4 heterocycles. The second-order valence-electron chi connectivity index (χ2n) is 26.5. The molecule has 4 aliphatic rings. The van der Waals surface area contributed by atoms with Gasteiger partial charge < -0.3 is 77.4 Å². The van der Waals surface area contributed by atoms with Crippen LogP contribution in [0.3, 0.4) is 0 Å². The minimum absolute atomic E-state index is 0.0278. The fraction of sp³-hybridized carbons (Fsp3) is 0.823. The number of hydrogen-bond acceptors (Lipinski definition) is 22. The van der Waals surface area contributed by atoms with Crippen LogP contribution in [0, 0.1) is 41.4 Å². The number of ketones is 1. The van der Waals surface area contributed by atoms with E-state index in [0.29, 0.717) is 13.0 Å². The zero-order chi connectivity index (χ0) is 67.5. The molecule has 0 radical (unpaired) electrons. The number of methoxy groups -OCH3 is 2. The number of sulfonamides is 1. The van der Waals surface area contributed by atoms with E-state index in [1.165, 1.54) is 54.0 Å². The molecule has 28 heteroatoms. The van der Waals surface area contributed by atoms with Gasteiger partial charge in [0.15, 0.2) is 30.3 Å². The van der Waals surface area contributed by atoms with Gasteiger partial charge in [0, 0.05) is 70.4 Å². The van der Waals surface area contributed by atoms with Crippen molar-refractivity contribution < 1.29 is 108 Å². The molecule has 1 amide bonds. The Morgan fingerprint density at radius 1 is 0.844 bits per heavy atom. The summed E-state index contributed by atoms with van der Waals surface area (Å²) >= 11 is 0. The highest BCUT2D eigenvalue weighted by atomic mass is 32.2. The number of hydrogen-bond donors (Lipinski definition) is 4. The van der Waals surface area contributed by atoms with Gasteiger partial charge in [-0.25, -0.2) is 17.9 Å². The first-order chi connectivity index (χ1) is 41.8. The maximum Gasteiger partial charge on any atom is 0.425 e. The lowest BCUT2D eigenvalue weighted by atomic mass is 9.74. The molecule has 0 aromatic heterocycles. The lowest BCUT2D eigenvalue weighted by Crippen LogP contribution is -2.59. The van der Waals surface area contributed by atoms with Gasteiger partial charge >= 0.3 is 24.2 Å². The molecule has 4 N–H and O–H groups in total. The van der Waals surface area contributed by atoms with Gasteiger partial charge in [-0.3, -0.25) is 14.4 Å². The molecular formula is C62H101F3N4O20S. The van der Waals surface area contributed by atoms with E-state index in [0.717, 1.165) is 0 Å². The Morgan fingerprint density at radius 2 is 1.49 bits per heavy atom. The van der Waals surface area contributed by atoms with Gasteiger partial charge in [0.2, 0.25) is 16.6 Å². The number of carbonyl (C=O) groups excluding carboxylic acids is 4. The van der Waals surface area contributed by atoms with E-state index >= 15 is 9.59 Å². The molecule has 0 bridgehead atoms. The number of halogens is 3. The number of amides is 1. The number of alkyl carbamates (subject to hydrolysis) is 1. The number of aliphatic hydroxyl groups excluding tert-OH is 2. The fourth-order valence-corrected chi connectivity index (χ4v) is 13.6. The monoisotopic (exact) mass is 1310 g/mol. The van der Waals surface area contributed by atoms with Gasteiger partial charge in [-0.1, -0.05) is 71.8 Å². The predicted octanol–water partition coefficient (Wildman–Crippen LogP) is 6.70. The summed E-state index contributed by atoms with van der Waals surface area (Å²) in [6, 6.07) is 7.47. The summed E-state index contributed by atoms with van der Waals surface area (Å²) in [4.78, 5) is 67.1. The van der Waals surface area contributed by atoms with Crippen molar-refractivity contribution in [1.82, 2.24) is 14.9 Å². The van der Waals surface area contributed by atoms with Gasteiger partial charge in [0.25, 0.3) is 0 Å². The maximum atomic E-state index is 16.1. The number of cyclic esters (lactones) is 1. The van der Waals surface area contributed by atoms with Crippen LogP contribution in [0.15, 0.2) is 40.4 Å². The lowest BCUT2D eigenvalue weighted by Gasteiger charge is -2.45. The number of alkyl halides is 3. The number of likely N-dealkylation sites (N-methyl/N-ethyl adjacent to an activating group) is 1. The summed E-state index contributed by atoms with van der Waals surface area (Å²) in [5.74, 6) is -9.02. The van der Waals surface area contributed by atoms with E-state index in [9.17, 15) is 41.4 Å². The maximum absolute atomic E-state index is 16.1. The van der Waals surface area contributed by atoms with Crippen LogP contribution in [0.4, 0.5) is 18.0 Å². The Labute approximate surface area is 528 Å². The minimum Gasteiger partial charge on any atom is -0.461 e. The third-order valence-electron chi connectivity index (χ3n) is 17.3. The number of benzene rings is 1. The topological polar surface area (TPSA) is 293 Å². The molecule has 4 fully saturated rings. The molecule has 1 unspecified atom stereocenters. The predicted molar refractivity (Wildman–Crippen MR) is 321 cm³/mol. The van der Waals surface area contributed by atoms with E-state index in [-0.39, 0.29) is 54.7 Å². The van der Waals surface area contributed by atoms with Crippen molar-refractivity contribution in [3.8, 4) is 0 Å². The van der Waals surface area contributed by atoms with E-state index in [4.69, 9.17) is 52.1 Å². The van der Waals surface area contributed by atoms with Crippen LogP contribution in [-0.2, 0) is 81.3 Å². The molecule has 4 saturated heterocycles. The number of oxime groups is 1. The van der Waals surface area contributed by atoms with Crippen LogP contribution in [0.5, 0.6) is 0 Å². The first-order valence-electron chi connectivity index (χ1n) is 31.1. The zero-order valence-corrected chi connectivity index (χ0v) is 56.2. The SMILES string of the molecule is CO[C@@H]1[C@H](O)[C@@H](C)O[C@@H](OC[C@H](C)[C@H]2OC(=O)[C@H](C)[C@@H](O[C@H]3CC(C)N(C)C[C@H](C)O3)[C@H](C)[C@@H](O[C@@H]3O[C@H](C)CC(=NOCC(F)(F)F)[C@H]3O)[C@@H](C)C[C@](C)(OC(=O)NC(C)(C)CNS(=O)(=O)c3ccccc3)C(=O)[C@H](C)[C@H](OC(=O)CC(C)C)[C@H]2C)[C@@H]1OC. The average Bonchev–Trinajstić information content (AvgIpc) is 0.933. The highest BCUT2D eigenvalue weighted by Crippen LogP contribution is 2.41. The van der Waals surface area contributed by atoms with Gasteiger partial charge in [-0.05, 0) is 92.8 Å². The Hall–Kier alpha value is -4.17. The number of ether oxygens (including phenoxy) is 11. The molecule has 516 valence electrons. The van der Waals surface area contributed by atoms with Crippen LogP contribution in [-0.4, -0.2) is 210 Å². The van der Waals surface area contributed by atoms with E-state index in [2.05, 4.69) is 24.9 Å². The van der Waals surface area contributed by atoms with E-state index in [1.807, 2.05) is 20.9 Å². The Balaban J connectivity index is 1.72. The molecule has 1 aromatic rings. The number of esters is 2. The molecule has 1 aromatic carbocycles. The summed E-state index contributed by atoms with van der Waals surface area (Å²) in [5, 5.41) is 29.2. The van der Waals surface area contributed by atoms with Gasteiger partial charge in [-0.15, -0.1) is 0 Å². The number of nitrogens with zero attached hydrogens (tertiary/aromatic N) is 2. The molecule has 0 spiro atoms. The lowest BCUT2D eigenvalue weighted by molar-refractivity contribution is -0.305. The molecule has 5 rings (SSSR count). The summed E-state index contributed by atoms with van der Waals surface area (Å²) < 4.78 is 139. The summed E-state index contributed by atoms with van der Waals surface area (Å²) in [5.41, 5.74) is -3.85. The number of Topliss-reactive ketones (excluding diaryl/α,β-unsaturated/α-hetero) is 1. The second kappa shape index (κ2) is 32.8. The molecule has 24 nitrogen and oxygen atoms in total. The van der Waals surface area contributed by atoms with Crippen molar-refractivity contribution in [3.63, 3.8) is 0 Å². The molecular weight excluding hydrogens is 1210 g/mol. The number of rotatable bonds is 21. The second-order valence-corrected chi connectivity index (χ2v) is 28.3. The van der Waals surface area contributed by atoms with Crippen LogP contribution < -0.4 is 10.0 Å². The van der Waals surface area contributed by atoms with Crippen molar-refractivity contribution in [1.29, 1.82) is 0 Å². The van der Waals surface area contributed by atoms with Crippen molar-refractivity contribution >= 4 is 39.6 Å². The molecule has 0 saturated carbocycles. The molecule has 22 atom stereocenters. The standard InChI is InChI=1S/C62H101F3N4O20S/c1-32(2)24-45(70)85-51-39(9)50(34(4)29-80-58-54(79-18)53(78-17)47(71)42(12)84-58)87-56(74)41(11)52(86-46-25-35(5)69(16)28-37(7)82-46)38(8)49(88-57-48(72)44(26-36(6)83-57)68-81-31-62(63,64)65)33(3)27-61(15,55(73)40(51)10)89-59(75)67-60(13,14)30-66-90(76,77)43-22-20-19-21-23-43/h19-23,32-42,46-54,57-58,66,71-72H,24-31H2,1-18H3,(H,67,75)/t33-,34-,35?,36+,37-,38+,39-,40+,41+,42+,46-,47+,48+,49-,50+,51+,52-,53+,54+,57-,58+,61-/m0/s1. The highest BCUT2D eigenvalue weighted by Gasteiger charge is 2.53. The smallest absolute Gasteiger partial charge is 0.425 e. The van der Waals surface area contributed by atoms with E-state index in [1.54, 1.807) is 80.5 Å². The normalized spacial score (nSPS) is 36.7. The zero-order valence-electron chi connectivity index (χ0n) is 55.4. The fourth-order valence-electron chi connectivity index (χ4n) is 12.3. The average molecular weight is 1310 g/mol. The quantitative estimate of drug-likeness (QED) is 0.0566. The van der Waals surface area contributed by atoms with Crippen molar-refractivity contribution in [2.75, 3.05) is 47.6 Å². The van der Waals surface area contributed by atoms with Crippen LogP contribution in [0.25, 0.3) is 0 Å². The largest absolute Gasteiger partial charge is 0.461 e. The summed E-state index contributed by atoms with van der Waals surface area (Å²) in [6.45, 7) is 23.2. The molecule has 4 aliphatic heterocycles. The van der Waals surface area contributed by atoms with Crippen LogP contribution in [0.2, 0.25) is 0 Å². The van der Waals surface area contributed by atoms with Crippen LogP contribution in [0.1, 0.15) is 130 Å². The third kappa shape index (κ3) is 20.9. The van der Waals surface area contributed by atoms with Crippen molar-refractivity contribution in [2.24, 2.45) is 46.6 Å². The number of aliphatic hydroxyl groups is 2. The minimum atomic E-state index is -4.76. The first kappa shape index (κ1) is 76.5. The first-order valence-corrected chi connectivity index (χ1v) is 32.6. The Morgan fingerprint density at radius 3 is 2.10 bits per heavy atom. The summed E-state index contributed by atoms with van der Waals surface area (Å²) in [7, 11) is 0.676. The van der Waals surface area contributed by atoms with Gasteiger partial charge in [-0.2, -0.15) is 13.2 Å². The third-order valence-corrected chi connectivity index (χ3v) is 18.7. The van der Waals surface area contributed by atoms with Crippen molar-refractivity contribution in [2.45, 2.75) is 244 Å². The Bertz CT molecular complexity index is 2630. The number of nitrogens with one attached hydrogen (secondary N) is 2. The van der Waals surface area contributed by atoms with Crippen molar-refractivity contribution in [3.05, 3.63) is 30.3 Å². The molecule has 90 heavy (non-hydrogen) atoms. The Kier molecular flexibility index (Phi) is 27.9. The summed E-state index contributed by atoms with van der Waals surface area (Å²) in [6.07, 6.45) is -22.0. The van der Waals surface area contributed by atoms with E-state index < -0.39 is 180 Å². The number of carbonyl (C=O) groups is 4. The van der Waals surface area contributed by atoms with Gasteiger partial charge in [0.1, 0.15) is 36.6 Å². The van der Waals surface area contributed by atoms with Gasteiger partial charge in [0.05, 0.1) is 65.1 Å². The highest BCUT2D eigenvalue weighted by molar-refractivity contribution is 7.89. The van der Waals surface area contributed by atoms with Crippen LogP contribution >= 0.6 is 0 Å².